The molecule has 1 unspecified atom stereocenters. The van der Waals surface area contributed by atoms with E-state index in [9.17, 15) is 9.46 Å². The summed E-state index contributed by atoms with van der Waals surface area (Å²) < 4.78 is 20.9. The molecule has 0 amide bonds. The number of hydrogen-bond donors (Lipinski definition) is 1. The van der Waals surface area contributed by atoms with Crippen LogP contribution < -0.4 is 0 Å². The first-order chi connectivity index (χ1) is 8.39. The molecular formula is C10H10Cl3O4P. The number of hydrogen-bond acceptors (Lipinski definition) is 3. The maximum absolute atomic E-state index is 11.5. The van der Waals surface area contributed by atoms with E-state index >= 15 is 0 Å². The fourth-order valence-corrected chi connectivity index (χ4v) is 2.64. The van der Waals surface area contributed by atoms with Gasteiger partial charge in [0.05, 0.1) is 11.6 Å². The Morgan fingerprint density at radius 3 is 2.67 bits per heavy atom. The lowest BCUT2D eigenvalue weighted by atomic mass is 10.2. The van der Waals surface area contributed by atoms with Crippen molar-refractivity contribution in [3.05, 3.63) is 39.3 Å². The molecule has 8 heteroatoms. The molecule has 0 fully saturated rings. The van der Waals surface area contributed by atoms with E-state index in [0.717, 1.165) is 5.54 Å². The summed E-state index contributed by atoms with van der Waals surface area (Å²) in [6, 6.07) is 4.53. The van der Waals surface area contributed by atoms with E-state index in [0.29, 0.717) is 10.6 Å². The summed E-state index contributed by atoms with van der Waals surface area (Å²) in [7, 11) is -4.21. The normalized spacial score (nSPS) is 15.3. The second-order valence-corrected chi connectivity index (χ2v) is 5.51. The Kier molecular flexibility index (Phi) is 5.99. The summed E-state index contributed by atoms with van der Waals surface area (Å²) >= 11 is 17.2. The third kappa shape index (κ3) is 4.47. The Balaban J connectivity index is 3.02. The van der Waals surface area contributed by atoms with Gasteiger partial charge in [0, 0.05) is 16.1 Å². The highest BCUT2D eigenvalue weighted by Gasteiger charge is 2.24. The molecule has 0 saturated carbocycles. The van der Waals surface area contributed by atoms with Crippen molar-refractivity contribution >= 4 is 48.4 Å². The van der Waals surface area contributed by atoms with Crippen molar-refractivity contribution in [1.82, 2.24) is 0 Å². The maximum atomic E-state index is 11.5. The first-order valence-corrected chi connectivity index (χ1v) is 7.51. The van der Waals surface area contributed by atoms with Gasteiger partial charge < -0.3 is 4.52 Å². The smallest absolute Gasteiger partial charge is 0.402 e. The highest BCUT2D eigenvalue weighted by molar-refractivity contribution is 7.47. The Bertz CT molecular complexity index is 504. The SMILES string of the molecule is CCOP(=O)(O)OC(=CCl)c1ccc(Cl)cc1Cl. The van der Waals surface area contributed by atoms with E-state index in [4.69, 9.17) is 39.3 Å². The van der Waals surface area contributed by atoms with Crippen LogP contribution in [-0.4, -0.2) is 11.5 Å². The van der Waals surface area contributed by atoms with Gasteiger partial charge in [-0.25, -0.2) is 4.57 Å². The van der Waals surface area contributed by atoms with E-state index in [1.165, 1.54) is 12.1 Å². The molecule has 100 valence electrons. The van der Waals surface area contributed by atoms with Crippen LogP contribution in [0.15, 0.2) is 23.7 Å². The van der Waals surface area contributed by atoms with Crippen LogP contribution >= 0.6 is 42.6 Å². The van der Waals surface area contributed by atoms with Crippen LogP contribution in [0.5, 0.6) is 0 Å². The highest BCUT2D eigenvalue weighted by atomic mass is 35.5. The number of rotatable bonds is 5. The number of benzene rings is 1. The van der Waals surface area contributed by atoms with Gasteiger partial charge in [-0.2, -0.15) is 0 Å². The topological polar surface area (TPSA) is 55.8 Å². The molecule has 18 heavy (non-hydrogen) atoms. The fraction of sp³-hybridized carbons (Fsp3) is 0.200. The lowest BCUT2D eigenvalue weighted by Crippen LogP contribution is -1.95. The summed E-state index contributed by atoms with van der Waals surface area (Å²) in [5.74, 6) is -0.0717. The largest absolute Gasteiger partial charge is 0.527 e. The van der Waals surface area contributed by atoms with E-state index in [-0.39, 0.29) is 17.4 Å². The van der Waals surface area contributed by atoms with Gasteiger partial charge in [0.2, 0.25) is 0 Å². The molecule has 1 rings (SSSR count). The Morgan fingerprint density at radius 1 is 1.50 bits per heavy atom. The fourth-order valence-electron chi connectivity index (χ4n) is 1.13. The summed E-state index contributed by atoms with van der Waals surface area (Å²) in [6.07, 6.45) is 0. The molecule has 0 bridgehead atoms. The van der Waals surface area contributed by atoms with Gasteiger partial charge in [-0.05, 0) is 25.1 Å². The van der Waals surface area contributed by atoms with Crippen LogP contribution in [0.3, 0.4) is 0 Å². The molecule has 1 N–H and O–H groups in total. The molecular weight excluding hydrogens is 321 g/mol. The Hall–Kier alpha value is -0.220. The van der Waals surface area contributed by atoms with Crippen LogP contribution in [0.25, 0.3) is 5.76 Å². The van der Waals surface area contributed by atoms with Crippen molar-refractivity contribution < 1.29 is 18.5 Å². The van der Waals surface area contributed by atoms with Crippen molar-refractivity contribution in [3.8, 4) is 0 Å². The highest BCUT2D eigenvalue weighted by Crippen LogP contribution is 2.48. The molecule has 0 heterocycles. The summed E-state index contributed by atoms with van der Waals surface area (Å²) in [5.41, 5.74) is 1.34. The monoisotopic (exact) mass is 330 g/mol. The van der Waals surface area contributed by atoms with Crippen molar-refractivity contribution in [2.45, 2.75) is 6.92 Å². The molecule has 0 aromatic heterocycles. The minimum atomic E-state index is -4.21. The third-order valence-corrected chi connectivity index (χ3v) is 3.56. The van der Waals surface area contributed by atoms with E-state index in [2.05, 4.69) is 4.52 Å². The van der Waals surface area contributed by atoms with Crippen molar-refractivity contribution in [2.75, 3.05) is 6.61 Å². The standard InChI is InChI=1S/C10H10Cl3O4P/c1-2-16-18(14,15)17-10(6-11)8-4-3-7(12)5-9(8)13/h3-6H,2H2,1H3,(H,14,15). The molecule has 0 spiro atoms. The minimum absolute atomic E-state index is 0.0255. The molecule has 0 saturated heterocycles. The molecule has 0 aliphatic rings. The van der Waals surface area contributed by atoms with Gasteiger partial charge >= 0.3 is 7.82 Å². The maximum Gasteiger partial charge on any atom is 0.527 e. The third-order valence-electron chi connectivity index (χ3n) is 1.80. The zero-order valence-electron chi connectivity index (χ0n) is 9.27. The average molecular weight is 332 g/mol. The van der Waals surface area contributed by atoms with Crippen LogP contribution in [0.4, 0.5) is 0 Å². The van der Waals surface area contributed by atoms with Gasteiger partial charge in [0.1, 0.15) is 0 Å². The molecule has 0 aliphatic heterocycles. The van der Waals surface area contributed by atoms with Crippen molar-refractivity contribution in [1.29, 1.82) is 0 Å². The number of phosphoric acid groups is 1. The molecule has 4 nitrogen and oxygen atoms in total. The average Bonchev–Trinajstić information content (AvgIpc) is 2.26. The zero-order valence-corrected chi connectivity index (χ0v) is 12.4. The number of phosphoric ester groups is 1. The van der Waals surface area contributed by atoms with Gasteiger partial charge in [-0.15, -0.1) is 0 Å². The van der Waals surface area contributed by atoms with Crippen LogP contribution in [0, 0.1) is 0 Å². The Labute approximate surface area is 120 Å². The molecule has 0 aliphatic carbocycles. The Morgan fingerprint density at radius 2 is 2.17 bits per heavy atom. The second-order valence-electron chi connectivity index (χ2n) is 3.08. The minimum Gasteiger partial charge on any atom is -0.402 e. The summed E-state index contributed by atoms with van der Waals surface area (Å²) in [5, 5.41) is 0.667. The quantitative estimate of drug-likeness (QED) is 0.628. The van der Waals surface area contributed by atoms with Gasteiger partial charge in [-0.1, -0.05) is 34.8 Å². The first kappa shape index (κ1) is 15.8. The lowest BCUT2D eigenvalue weighted by molar-refractivity contribution is 0.203. The lowest BCUT2D eigenvalue weighted by Gasteiger charge is -2.15. The van der Waals surface area contributed by atoms with Crippen molar-refractivity contribution in [3.63, 3.8) is 0 Å². The summed E-state index contributed by atoms with van der Waals surface area (Å²) in [6.45, 7) is 1.59. The predicted octanol–water partition coefficient (Wildman–Crippen LogP) is 4.68. The zero-order chi connectivity index (χ0) is 13.8. The van der Waals surface area contributed by atoms with Crippen molar-refractivity contribution in [2.24, 2.45) is 0 Å². The van der Waals surface area contributed by atoms with Gasteiger partial charge in [0.15, 0.2) is 5.76 Å². The molecule has 1 aromatic carbocycles. The first-order valence-electron chi connectivity index (χ1n) is 4.82. The molecule has 1 aromatic rings. The van der Waals surface area contributed by atoms with Crippen LogP contribution in [-0.2, 0) is 13.6 Å². The van der Waals surface area contributed by atoms with Crippen LogP contribution in [0.1, 0.15) is 12.5 Å². The van der Waals surface area contributed by atoms with Crippen LogP contribution in [0.2, 0.25) is 10.0 Å². The number of halogens is 3. The second kappa shape index (κ2) is 6.80. The van der Waals surface area contributed by atoms with E-state index in [1.54, 1.807) is 13.0 Å². The molecule has 0 radical (unpaired) electrons. The molecule has 1 atom stereocenters. The van der Waals surface area contributed by atoms with Gasteiger partial charge in [-0.3, -0.25) is 9.42 Å². The summed E-state index contributed by atoms with van der Waals surface area (Å²) in [4.78, 5) is 9.37. The van der Waals surface area contributed by atoms with Gasteiger partial charge in [0.25, 0.3) is 0 Å². The predicted molar refractivity (Wildman–Crippen MR) is 72.8 cm³/mol. The van der Waals surface area contributed by atoms with E-state index < -0.39 is 7.82 Å². The van der Waals surface area contributed by atoms with E-state index in [1.807, 2.05) is 0 Å².